The van der Waals surface area contributed by atoms with E-state index >= 15 is 0 Å². The Labute approximate surface area is 251 Å². The number of aliphatic carboxylic acids is 1. The molecular formula is C19H23N10NaO5S3. The number of hydrogen-bond donors (Lipinski definition) is 2. The fourth-order valence-corrected chi connectivity index (χ4v) is 6.51. The zero-order valence-corrected chi connectivity index (χ0v) is 25.4. The topological polar surface area (TPSA) is 197 Å². The van der Waals surface area contributed by atoms with Crippen molar-refractivity contribution >= 4 is 63.5 Å². The fourth-order valence-electron chi connectivity index (χ4n) is 3.57. The number of β-lactam (4-membered cyclic amide) rings is 1. The normalized spacial score (nSPS) is 19.1. The van der Waals surface area contributed by atoms with Gasteiger partial charge in [-0.25, -0.2) is 9.67 Å². The zero-order chi connectivity index (χ0) is 26.7. The monoisotopic (exact) mass is 590 g/mol. The molecule has 4 heterocycles. The van der Waals surface area contributed by atoms with Crippen LogP contribution in [0.3, 0.4) is 0 Å². The van der Waals surface area contributed by atoms with Crippen LogP contribution in [0.15, 0.2) is 27.0 Å². The second-order valence-corrected chi connectivity index (χ2v) is 11.0. The Hall–Kier alpha value is -2.22. The second-order valence-electron chi connectivity index (χ2n) is 8.07. The molecule has 38 heavy (non-hydrogen) atoms. The van der Waals surface area contributed by atoms with Crippen molar-refractivity contribution in [2.75, 3.05) is 45.0 Å². The van der Waals surface area contributed by atoms with Gasteiger partial charge >= 0.3 is 29.6 Å². The number of rotatable bonds is 11. The van der Waals surface area contributed by atoms with E-state index in [9.17, 15) is 19.5 Å². The number of oxime groups is 1. The first-order valence-electron chi connectivity index (χ1n) is 10.8. The van der Waals surface area contributed by atoms with Crippen molar-refractivity contribution < 1.29 is 53.9 Å². The number of fused-ring (bicyclic) bond motifs is 1. The fraction of sp³-hybridized carbons (Fsp3) is 0.474. The molecule has 198 valence electrons. The SMILES string of the molecule is CON=C(C(=O)NC1C(=O)N2C(C(=O)[O-])=C(CSc3nnnn3CCN(C)C)CS[C@@H]12)c1csc(N)n1.[Na+]. The largest absolute Gasteiger partial charge is 1.00 e. The molecule has 0 aliphatic carbocycles. The molecule has 4 rings (SSSR count). The Morgan fingerprint density at radius 3 is 2.82 bits per heavy atom. The van der Waals surface area contributed by atoms with Gasteiger partial charge in [0.25, 0.3) is 11.8 Å². The second kappa shape index (κ2) is 13.2. The summed E-state index contributed by atoms with van der Waals surface area (Å²) >= 11 is 3.73. The molecular weight excluding hydrogens is 567 g/mol. The smallest absolute Gasteiger partial charge is 0.543 e. The van der Waals surface area contributed by atoms with Gasteiger partial charge in [0.15, 0.2) is 10.8 Å². The number of nitrogens with zero attached hydrogens (tertiary/aromatic N) is 8. The van der Waals surface area contributed by atoms with Crippen molar-refractivity contribution in [1.29, 1.82) is 0 Å². The Morgan fingerprint density at radius 2 is 2.18 bits per heavy atom. The van der Waals surface area contributed by atoms with Crippen LogP contribution in [0.25, 0.3) is 0 Å². The van der Waals surface area contributed by atoms with Gasteiger partial charge in [-0.15, -0.1) is 28.2 Å². The number of tetrazole rings is 1. The third-order valence-electron chi connectivity index (χ3n) is 5.32. The van der Waals surface area contributed by atoms with E-state index in [1.165, 1.54) is 36.0 Å². The van der Waals surface area contributed by atoms with E-state index < -0.39 is 29.2 Å². The molecule has 0 bridgehead atoms. The summed E-state index contributed by atoms with van der Waals surface area (Å²) in [5.41, 5.74) is 6.00. The summed E-state index contributed by atoms with van der Waals surface area (Å²) in [5.74, 6) is -2.17. The van der Waals surface area contributed by atoms with Gasteiger partial charge in [-0.2, -0.15) is 0 Å². The van der Waals surface area contributed by atoms with Crippen LogP contribution < -0.4 is 45.7 Å². The third-order valence-corrected chi connectivity index (χ3v) is 8.38. The first-order chi connectivity index (χ1) is 17.7. The molecule has 1 saturated heterocycles. The number of likely N-dealkylation sites (N-methyl/N-ethyl adjacent to an activating group) is 1. The van der Waals surface area contributed by atoms with Gasteiger partial charge in [-0.3, -0.25) is 14.5 Å². The van der Waals surface area contributed by atoms with Gasteiger partial charge in [0.2, 0.25) is 5.16 Å². The molecule has 15 nitrogen and oxygen atoms in total. The molecule has 2 atom stereocenters. The maximum atomic E-state index is 13.0. The zero-order valence-electron chi connectivity index (χ0n) is 21.0. The minimum Gasteiger partial charge on any atom is -0.543 e. The maximum Gasteiger partial charge on any atom is 1.00 e. The molecule has 2 amide bonds. The minimum atomic E-state index is -1.47. The number of carboxylic acids is 1. The van der Waals surface area contributed by atoms with Crippen LogP contribution in [0.1, 0.15) is 5.69 Å². The Morgan fingerprint density at radius 1 is 1.42 bits per heavy atom. The summed E-state index contributed by atoms with van der Waals surface area (Å²) in [7, 11) is 5.14. The van der Waals surface area contributed by atoms with Crippen LogP contribution in [0.2, 0.25) is 0 Å². The number of thioether (sulfide) groups is 2. The van der Waals surface area contributed by atoms with Gasteiger partial charge in [0, 0.05) is 23.4 Å². The van der Waals surface area contributed by atoms with Crippen LogP contribution in [0.5, 0.6) is 0 Å². The van der Waals surface area contributed by atoms with E-state index in [2.05, 4.69) is 31.0 Å². The average molecular weight is 591 g/mol. The standard InChI is InChI=1S/C19H24N10O5S3.Na/c1-27(2)4-5-28-19(23-25-26-28)37-7-9-6-35-16-12(15(31)29(16)13(9)17(32)33)22-14(30)11(24-34-3)10-8-36-18(20)21-10;/h8,12,16H,4-7H2,1-3H3,(H2,20,21)(H,22,30)(H,32,33);/q;+1/p-1/t12?,16-;/m0./s1. The molecule has 19 heteroatoms. The third kappa shape index (κ3) is 6.49. The summed E-state index contributed by atoms with van der Waals surface area (Å²) in [5, 5.41) is 31.7. The minimum absolute atomic E-state index is 0. The summed E-state index contributed by atoms with van der Waals surface area (Å²) in [6.07, 6.45) is 0. The number of amides is 2. The van der Waals surface area contributed by atoms with Crippen molar-refractivity contribution in [2.24, 2.45) is 5.16 Å². The van der Waals surface area contributed by atoms with E-state index in [1.54, 1.807) is 4.68 Å². The first-order valence-corrected chi connectivity index (χ1v) is 13.7. The van der Waals surface area contributed by atoms with Gasteiger partial charge in [0.05, 0.1) is 18.2 Å². The number of nitrogen functional groups attached to an aromatic ring is 1. The average Bonchev–Trinajstić information content (AvgIpc) is 3.50. The molecule has 1 unspecified atom stereocenters. The van der Waals surface area contributed by atoms with Crippen molar-refractivity contribution in [1.82, 2.24) is 40.3 Å². The number of nitrogens with two attached hydrogens (primary N) is 1. The van der Waals surface area contributed by atoms with Gasteiger partial charge in [0.1, 0.15) is 24.2 Å². The van der Waals surface area contributed by atoms with Gasteiger partial charge in [-0.1, -0.05) is 16.9 Å². The van der Waals surface area contributed by atoms with E-state index in [-0.39, 0.29) is 57.5 Å². The van der Waals surface area contributed by atoms with Crippen molar-refractivity contribution in [3.05, 3.63) is 22.3 Å². The Balaban J connectivity index is 0.00000400. The first kappa shape index (κ1) is 30.3. The molecule has 0 aromatic carbocycles. The van der Waals surface area contributed by atoms with Gasteiger partial charge in [-0.05, 0) is 30.1 Å². The van der Waals surface area contributed by atoms with E-state index in [0.717, 1.165) is 22.8 Å². The predicted octanol–water partition coefficient (Wildman–Crippen LogP) is -5.18. The van der Waals surface area contributed by atoms with Crippen LogP contribution in [-0.4, -0.2) is 109 Å². The summed E-state index contributed by atoms with van der Waals surface area (Å²) < 4.78 is 1.64. The summed E-state index contributed by atoms with van der Waals surface area (Å²) in [6.45, 7) is 1.30. The van der Waals surface area contributed by atoms with Crippen LogP contribution in [0.4, 0.5) is 5.13 Å². The number of carboxylic acid groups (broad SMARTS) is 1. The molecule has 3 N–H and O–H groups in total. The molecule has 2 aromatic rings. The van der Waals surface area contributed by atoms with Gasteiger partial charge < -0.3 is 30.7 Å². The molecule has 0 radical (unpaired) electrons. The maximum absolute atomic E-state index is 13.0. The molecule has 2 aliphatic heterocycles. The summed E-state index contributed by atoms with van der Waals surface area (Å²) in [4.78, 5) is 49.8. The number of thiazole rings is 1. The van der Waals surface area contributed by atoms with Crippen molar-refractivity contribution in [3.8, 4) is 0 Å². The number of carbonyl (C=O) groups excluding carboxylic acids is 3. The van der Waals surface area contributed by atoms with E-state index in [4.69, 9.17) is 10.6 Å². The number of aromatic nitrogens is 5. The Kier molecular flexibility index (Phi) is 10.6. The molecule has 0 spiro atoms. The number of carbonyl (C=O) groups is 3. The molecule has 0 saturated carbocycles. The van der Waals surface area contributed by atoms with Crippen LogP contribution in [0, 0.1) is 0 Å². The molecule has 2 aromatic heterocycles. The Bertz CT molecular complexity index is 1270. The molecule has 1 fully saturated rings. The number of hydrogen-bond acceptors (Lipinski definition) is 15. The predicted molar refractivity (Wildman–Crippen MR) is 134 cm³/mol. The molecule has 2 aliphatic rings. The van der Waals surface area contributed by atoms with Crippen LogP contribution in [-0.2, 0) is 25.8 Å². The van der Waals surface area contributed by atoms with E-state index in [1.807, 2.05) is 19.0 Å². The van der Waals surface area contributed by atoms with E-state index in [0.29, 0.717) is 23.0 Å². The number of nitrogens with one attached hydrogen (secondary N) is 1. The van der Waals surface area contributed by atoms with Crippen LogP contribution >= 0.6 is 34.9 Å². The quantitative estimate of drug-likeness (QED) is 0.0829. The van der Waals surface area contributed by atoms with Crippen molar-refractivity contribution in [2.45, 2.75) is 23.1 Å². The summed E-state index contributed by atoms with van der Waals surface area (Å²) in [6, 6.07) is -0.961. The van der Waals surface area contributed by atoms with Crippen molar-refractivity contribution in [3.63, 3.8) is 0 Å². The number of anilines is 1.